The van der Waals surface area contributed by atoms with Crippen LogP contribution in [-0.2, 0) is 71.2 Å². The molecule has 0 saturated carbocycles. The summed E-state index contributed by atoms with van der Waals surface area (Å²) in [6, 6.07) is -3.39. The van der Waals surface area contributed by atoms with Crippen LogP contribution in [0.25, 0.3) is 0 Å². The first kappa shape index (κ1) is 69.1. The van der Waals surface area contributed by atoms with Crippen LogP contribution in [0.2, 0.25) is 0 Å². The minimum atomic E-state index is -2.43. The van der Waals surface area contributed by atoms with Crippen LogP contribution < -0.4 is 10.6 Å². The van der Waals surface area contributed by atoms with E-state index in [0.29, 0.717) is 0 Å². The molecule has 7 rings (SSSR count). The van der Waals surface area contributed by atoms with Gasteiger partial charge in [0.1, 0.15) is 171 Å². The SMILES string of the molecule is CC(=O)N[C@@H]1[C@@H](O)[C@H](O[C@@H]2O[C@H](CO)[C@@H](O[C@@H]3O[C@H](CO[C@H]4O[C@H](CO)[C@@H](O)[C@H](O)[C@@H]4O)[C@@H](O)[C@H](O[C@@H]4O[C@H](CO)[C@@H](O)[C@H](O)[C@@H]4O[C@H]4O[C@H](CO)[C@@H](O)[C@H](O)[C@@H]4O[C@@H]4O[C@H](CO)[C@@H](O)[C@H](O)[C@@H]4O)[C@@H]3O)[C@H](O)[C@H]2NC(C)=O)[C@@H](CO)O[C@H]1O. The van der Waals surface area contributed by atoms with Crippen molar-refractivity contribution in [2.75, 3.05) is 46.2 Å². The van der Waals surface area contributed by atoms with Crippen molar-refractivity contribution < 1.29 is 178 Å². The third-order valence-electron chi connectivity index (χ3n) is 15.3. The van der Waals surface area contributed by atoms with Gasteiger partial charge < -0.3 is 179 Å². The van der Waals surface area contributed by atoms with Crippen molar-refractivity contribution in [2.45, 2.75) is 229 Å². The largest absolute Gasteiger partial charge is 0.394 e. The molecule has 0 spiro atoms. The zero-order valence-corrected chi connectivity index (χ0v) is 44.7. The van der Waals surface area contributed by atoms with Gasteiger partial charge in [-0.15, -0.1) is 0 Å². The van der Waals surface area contributed by atoms with Gasteiger partial charge >= 0.3 is 0 Å². The number of aliphatic hydroxyl groups excluding tert-OH is 21. The van der Waals surface area contributed by atoms with Gasteiger partial charge in [-0.1, -0.05) is 0 Å². The van der Waals surface area contributed by atoms with Gasteiger partial charge in [-0.25, -0.2) is 0 Å². The molecule has 0 aromatic heterocycles. The molecule has 35 atom stereocenters. The molecule has 23 N–H and O–H groups in total. The number of aliphatic hydroxyl groups is 21. The van der Waals surface area contributed by atoms with E-state index in [1.807, 2.05) is 0 Å². The van der Waals surface area contributed by atoms with Gasteiger partial charge in [0.2, 0.25) is 11.8 Å². The Labute approximate surface area is 475 Å². The maximum atomic E-state index is 12.7. The second kappa shape index (κ2) is 29.9. The van der Waals surface area contributed by atoms with Gasteiger partial charge in [-0.2, -0.15) is 0 Å². The van der Waals surface area contributed by atoms with Crippen molar-refractivity contribution in [3.8, 4) is 0 Å². The molecule has 0 aliphatic carbocycles. The van der Waals surface area contributed by atoms with Crippen molar-refractivity contribution >= 4 is 11.8 Å². The first-order valence-corrected chi connectivity index (χ1v) is 26.6. The highest BCUT2D eigenvalue weighted by Crippen LogP contribution is 2.38. The Morgan fingerprint density at radius 2 is 0.643 bits per heavy atom. The lowest BCUT2D eigenvalue weighted by atomic mass is 9.94. The van der Waals surface area contributed by atoms with E-state index in [-0.39, 0.29) is 0 Å². The number of ether oxygens (including phenoxy) is 13. The fraction of sp³-hybridized carbons (Fsp3) is 0.957. The molecule has 2 amide bonds. The van der Waals surface area contributed by atoms with E-state index >= 15 is 0 Å². The molecule has 0 aromatic carbocycles. The molecular formula is C46H78N2O36. The summed E-state index contributed by atoms with van der Waals surface area (Å²) in [4.78, 5) is 24.7. The molecule has 7 aliphatic rings. The molecule has 0 radical (unpaired) electrons. The summed E-state index contributed by atoms with van der Waals surface area (Å²) in [5, 5.41) is 232. The highest BCUT2D eigenvalue weighted by Gasteiger charge is 2.59. The quantitative estimate of drug-likeness (QED) is 0.0507. The van der Waals surface area contributed by atoms with Crippen LogP contribution in [0.5, 0.6) is 0 Å². The fourth-order valence-corrected chi connectivity index (χ4v) is 10.7. The van der Waals surface area contributed by atoms with E-state index in [4.69, 9.17) is 61.6 Å². The third kappa shape index (κ3) is 14.7. The van der Waals surface area contributed by atoms with Gasteiger partial charge in [0.15, 0.2) is 44.0 Å². The number of hydrogen-bond donors (Lipinski definition) is 23. The number of rotatable bonds is 21. The van der Waals surface area contributed by atoms with Crippen LogP contribution in [0, 0.1) is 0 Å². The van der Waals surface area contributed by atoms with Crippen molar-refractivity contribution in [2.24, 2.45) is 0 Å². The van der Waals surface area contributed by atoms with Gasteiger partial charge in [-0.3, -0.25) is 9.59 Å². The topological polar surface area (TPSA) is 603 Å². The minimum Gasteiger partial charge on any atom is -0.394 e. The first-order chi connectivity index (χ1) is 39.7. The molecule has 38 nitrogen and oxygen atoms in total. The monoisotopic (exact) mass is 1230 g/mol. The Bertz CT molecular complexity index is 2060. The first-order valence-electron chi connectivity index (χ1n) is 26.6. The number of carbonyl (C=O) groups excluding carboxylic acids is 2. The van der Waals surface area contributed by atoms with E-state index < -0.39 is 273 Å². The summed E-state index contributed by atoms with van der Waals surface area (Å²) < 4.78 is 75.0. The fourth-order valence-electron chi connectivity index (χ4n) is 10.7. The van der Waals surface area contributed by atoms with Crippen LogP contribution in [0.3, 0.4) is 0 Å². The van der Waals surface area contributed by atoms with Crippen LogP contribution in [-0.4, -0.2) is 380 Å². The molecule has 488 valence electrons. The number of nitrogens with one attached hydrogen (secondary N) is 2. The van der Waals surface area contributed by atoms with E-state index in [2.05, 4.69) is 10.6 Å². The second-order valence-electron chi connectivity index (χ2n) is 21.1. The minimum absolute atomic E-state index is 0.742. The lowest BCUT2D eigenvalue weighted by Gasteiger charge is -2.51. The lowest BCUT2D eigenvalue weighted by molar-refractivity contribution is -0.407. The Balaban J connectivity index is 1.21. The molecule has 7 saturated heterocycles. The van der Waals surface area contributed by atoms with E-state index in [9.17, 15) is 117 Å². The average molecular weight is 1240 g/mol. The Morgan fingerprint density at radius 1 is 0.310 bits per heavy atom. The summed E-state index contributed by atoms with van der Waals surface area (Å²) in [7, 11) is 0. The highest BCUT2D eigenvalue weighted by atomic mass is 16.8. The molecule has 7 aliphatic heterocycles. The summed E-state index contributed by atoms with van der Waals surface area (Å²) >= 11 is 0. The molecule has 0 unspecified atom stereocenters. The predicted molar refractivity (Wildman–Crippen MR) is 255 cm³/mol. The normalized spacial score (nSPS) is 50.3. The Morgan fingerprint density at radius 3 is 1.12 bits per heavy atom. The van der Waals surface area contributed by atoms with Crippen LogP contribution in [0.15, 0.2) is 0 Å². The molecule has 0 bridgehead atoms. The molecule has 38 heteroatoms. The van der Waals surface area contributed by atoms with E-state index in [0.717, 1.165) is 13.8 Å². The van der Waals surface area contributed by atoms with Crippen LogP contribution >= 0.6 is 0 Å². The summed E-state index contributed by atoms with van der Waals surface area (Å²) in [6.45, 7) is -5.03. The van der Waals surface area contributed by atoms with Crippen molar-refractivity contribution in [3.63, 3.8) is 0 Å². The van der Waals surface area contributed by atoms with Crippen molar-refractivity contribution in [3.05, 3.63) is 0 Å². The zero-order chi connectivity index (χ0) is 61.9. The number of carbonyl (C=O) groups is 2. The van der Waals surface area contributed by atoms with E-state index in [1.165, 1.54) is 0 Å². The highest BCUT2D eigenvalue weighted by molar-refractivity contribution is 5.73. The standard InChI is InChI=1S/C46H78N2O36/c1-10(55)47-19-26(62)35(16(7-53)73-40(19)71)80-41-20(48-11(2)56)27(63)36(17(8-54)78-41)81-44-34(70)37(25(61)18(79-44)9-72-42-32(68)28(64)21(57)12(3-49)74-42)82-45-39(31(67)24(60)14(5-51)76-45)84-46-38(30(66)23(59)15(6-52)77-46)83-43-33(69)29(65)22(58)13(4-50)75-43/h12-46,49-54,57-71H,3-9H2,1-2H3,(H,47,55)(H,48,56)/t12-,13-,14-,15-,16-,17-,18-,19-,20-,21-,22-,23-,24-,25-,26-,27-,28+,29+,30+,31+,32+,33+,34+,35-,36-,37+,38+,39+,40-,41+,42+,43+,44+,45+,46-/m1/s1. The van der Waals surface area contributed by atoms with Crippen molar-refractivity contribution in [1.29, 1.82) is 0 Å². The number of amides is 2. The van der Waals surface area contributed by atoms with Crippen LogP contribution in [0.4, 0.5) is 0 Å². The zero-order valence-electron chi connectivity index (χ0n) is 44.7. The second-order valence-corrected chi connectivity index (χ2v) is 21.1. The van der Waals surface area contributed by atoms with Gasteiger partial charge in [0, 0.05) is 13.8 Å². The Kier molecular flexibility index (Phi) is 24.6. The summed E-state index contributed by atoms with van der Waals surface area (Å²) in [6.07, 6.45) is -66.5. The van der Waals surface area contributed by atoms with E-state index in [1.54, 1.807) is 0 Å². The van der Waals surface area contributed by atoms with Gasteiger partial charge in [-0.05, 0) is 0 Å². The van der Waals surface area contributed by atoms with Gasteiger partial charge in [0.05, 0.1) is 46.2 Å². The third-order valence-corrected chi connectivity index (χ3v) is 15.3. The Hall–Kier alpha value is -2.42. The van der Waals surface area contributed by atoms with Crippen LogP contribution in [0.1, 0.15) is 13.8 Å². The molecule has 7 fully saturated rings. The lowest BCUT2D eigenvalue weighted by Crippen LogP contribution is -2.70. The molecule has 0 aromatic rings. The number of hydrogen-bond acceptors (Lipinski definition) is 36. The molecular weight excluding hydrogens is 1160 g/mol. The summed E-state index contributed by atoms with van der Waals surface area (Å²) in [5.74, 6) is -1.62. The average Bonchev–Trinajstić information content (AvgIpc) is 2.60. The molecule has 84 heavy (non-hydrogen) atoms. The maximum absolute atomic E-state index is 12.7. The smallest absolute Gasteiger partial charge is 0.217 e. The maximum Gasteiger partial charge on any atom is 0.217 e. The predicted octanol–water partition coefficient (Wildman–Crippen LogP) is -16.0. The summed E-state index contributed by atoms with van der Waals surface area (Å²) in [5.41, 5.74) is 0. The van der Waals surface area contributed by atoms with Crippen molar-refractivity contribution in [1.82, 2.24) is 10.6 Å². The van der Waals surface area contributed by atoms with Gasteiger partial charge in [0.25, 0.3) is 0 Å². The molecule has 7 heterocycles.